The van der Waals surface area contributed by atoms with Crippen LogP contribution in [0.1, 0.15) is 23.2 Å². The van der Waals surface area contributed by atoms with E-state index in [2.05, 4.69) is 16.6 Å². The van der Waals surface area contributed by atoms with Crippen molar-refractivity contribution >= 4 is 5.97 Å². The van der Waals surface area contributed by atoms with Gasteiger partial charge in [0, 0.05) is 6.54 Å². The third kappa shape index (κ3) is 5.16. The number of methoxy groups -OCH3 is 1. The molecule has 18 heavy (non-hydrogen) atoms. The smallest absolute Gasteiger partial charge is 0.373 e. The Kier molecular flexibility index (Phi) is 6.18. The molecule has 0 bridgehead atoms. The largest absolute Gasteiger partial charge is 0.463 e. The van der Waals surface area contributed by atoms with Gasteiger partial charge in [0.2, 0.25) is 5.76 Å². The molecule has 0 saturated heterocycles. The summed E-state index contributed by atoms with van der Waals surface area (Å²) in [5, 5.41) is 3.15. The Bertz CT molecular complexity index is 397. The number of esters is 1. The van der Waals surface area contributed by atoms with Crippen LogP contribution in [0.5, 0.6) is 0 Å². The summed E-state index contributed by atoms with van der Waals surface area (Å²) >= 11 is 0. The SMILES string of the molecule is C=C(C)COCCNCc1ccc(C(=O)OC)o1. The van der Waals surface area contributed by atoms with Gasteiger partial charge < -0.3 is 19.2 Å². The van der Waals surface area contributed by atoms with Crippen molar-refractivity contribution in [1.82, 2.24) is 5.32 Å². The van der Waals surface area contributed by atoms with Gasteiger partial charge >= 0.3 is 5.97 Å². The van der Waals surface area contributed by atoms with Crippen LogP contribution in [0.25, 0.3) is 0 Å². The number of ether oxygens (including phenoxy) is 2. The summed E-state index contributed by atoms with van der Waals surface area (Å²) in [5.41, 5.74) is 1.00. The molecule has 0 aliphatic rings. The van der Waals surface area contributed by atoms with E-state index >= 15 is 0 Å². The van der Waals surface area contributed by atoms with Gasteiger partial charge in [-0.3, -0.25) is 0 Å². The average molecular weight is 253 g/mol. The Balaban J connectivity index is 2.17. The van der Waals surface area contributed by atoms with Gasteiger partial charge in [-0.1, -0.05) is 12.2 Å². The molecule has 0 aliphatic heterocycles. The van der Waals surface area contributed by atoms with Crippen molar-refractivity contribution in [2.45, 2.75) is 13.5 Å². The molecule has 0 saturated carbocycles. The number of rotatable bonds is 8. The molecule has 1 rings (SSSR count). The minimum atomic E-state index is -0.467. The van der Waals surface area contributed by atoms with Crippen LogP contribution in [0.2, 0.25) is 0 Å². The predicted molar refractivity (Wildman–Crippen MR) is 67.4 cm³/mol. The summed E-state index contributed by atoms with van der Waals surface area (Å²) < 4.78 is 15.2. The number of carbonyl (C=O) groups is 1. The van der Waals surface area contributed by atoms with Gasteiger partial charge in [0.1, 0.15) is 5.76 Å². The molecule has 1 aromatic rings. The molecule has 5 heteroatoms. The highest BCUT2D eigenvalue weighted by Gasteiger charge is 2.10. The zero-order chi connectivity index (χ0) is 13.4. The highest BCUT2D eigenvalue weighted by molar-refractivity contribution is 5.86. The third-order valence-electron chi connectivity index (χ3n) is 2.12. The minimum Gasteiger partial charge on any atom is -0.463 e. The Labute approximate surface area is 107 Å². The lowest BCUT2D eigenvalue weighted by Crippen LogP contribution is -2.19. The van der Waals surface area contributed by atoms with E-state index in [1.54, 1.807) is 12.1 Å². The van der Waals surface area contributed by atoms with Crippen LogP contribution in [0, 0.1) is 0 Å². The Morgan fingerprint density at radius 1 is 1.50 bits per heavy atom. The van der Waals surface area contributed by atoms with Crippen molar-refractivity contribution in [1.29, 1.82) is 0 Å². The molecule has 0 amide bonds. The zero-order valence-corrected chi connectivity index (χ0v) is 10.8. The van der Waals surface area contributed by atoms with Gasteiger partial charge in [-0.05, 0) is 19.1 Å². The monoisotopic (exact) mass is 253 g/mol. The number of hydrogen-bond donors (Lipinski definition) is 1. The number of hydrogen-bond acceptors (Lipinski definition) is 5. The molecule has 1 N–H and O–H groups in total. The van der Waals surface area contributed by atoms with Crippen LogP contribution in [0.15, 0.2) is 28.7 Å². The summed E-state index contributed by atoms with van der Waals surface area (Å²) in [6.45, 7) is 8.11. The van der Waals surface area contributed by atoms with Gasteiger partial charge in [-0.15, -0.1) is 0 Å². The first-order valence-electron chi connectivity index (χ1n) is 5.73. The Morgan fingerprint density at radius 3 is 2.94 bits per heavy atom. The second kappa shape index (κ2) is 7.68. The molecule has 0 unspecified atom stereocenters. The van der Waals surface area contributed by atoms with Gasteiger partial charge in [0.05, 0.1) is 26.9 Å². The van der Waals surface area contributed by atoms with Crippen LogP contribution in [-0.4, -0.2) is 32.8 Å². The molecule has 0 aromatic carbocycles. The summed E-state index contributed by atoms with van der Waals surface area (Å²) in [7, 11) is 1.32. The van der Waals surface area contributed by atoms with E-state index in [-0.39, 0.29) is 5.76 Å². The second-order valence-corrected chi connectivity index (χ2v) is 3.94. The first-order valence-corrected chi connectivity index (χ1v) is 5.73. The van der Waals surface area contributed by atoms with Crippen LogP contribution in [-0.2, 0) is 16.0 Å². The topological polar surface area (TPSA) is 60.7 Å². The standard InChI is InChI=1S/C13H19NO4/c1-10(2)9-17-7-6-14-8-11-4-5-12(18-11)13(15)16-3/h4-5,14H,1,6-9H2,2-3H3. The quantitative estimate of drug-likeness (QED) is 0.434. The molecule has 1 heterocycles. The van der Waals surface area contributed by atoms with E-state index < -0.39 is 5.97 Å². The van der Waals surface area contributed by atoms with E-state index in [0.29, 0.717) is 32.1 Å². The Morgan fingerprint density at radius 2 is 2.28 bits per heavy atom. The molecule has 0 radical (unpaired) electrons. The fraction of sp³-hybridized carbons (Fsp3) is 0.462. The highest BCUT2D eigenvalue weighted by atomic mass is 16.5. The lowest BCUT2D eigenvalue weighted by atomic mass is 10.4. The molecule has 1 aromatic heterocycles. The second-order valence-electron chi connectivity index (χ2n) is 3.94. The first kappa shape index (κ1) is 14.5. The lowest BCUT2D eigenvalue weighted by Gasteiger charge is -2.04. The van der Waals surface area contributed by atoms with Gasteiger partial charge in [0.15, 0.2) is 0 Å². The molecule has 0 atom stereocenters. The molecular formula is C13H19NO4. The van der Waals surface area contributed by atoms with Gasteiger partial charge in [-0.25, -0.2) is 4.79 Å². The van der Waals surface area contributed by atoms with Gasteiger partial charge in [-0.2, -0.15) is 0 Å². The maximum absolute atomic E-state index is 11.1. The van der Waals surface area contributed by atoms with Crippen molar-refractivity contribution < 1.29 is 18.7 Å². The molecule has 0 aliphatic carbocycles. The molecule has 0 spiro atoms. The maximum atomic E-state index is 11.1. The zero-order valence-electron chi connectivity index (χ0n) is 10.8. The van der Waals surface area contributed by atoms with Crippen molar-refractivity contribution in [3.8, 4) is 0 Å². The normalized spacial score (nSPS) is 10.3. The van der Waals surface area contributed by atoms with Gasteiger partial charge in [0.25, 0.3) is 0 Å². The third-order valence-corrected chi connectivity index (χ3v) is 2.12. The van der Waals surface area contributed by atoms with Crippen LogP contribution in [0.4, 0.5) is 0 Å². The Hall–Kier alpha value is -1.59. The maximum Gasteiger partial charge on any atom is 0.373 e. The lowest BCUT2D eigenvalue weighted by molar-refractivity contribution is 0.0562. The van der Waals surface area contributed by atoms with Crippen molar-refractivity contribution in [3.63, 3.8) is 0 Å². The minimum absolute atomic E-state index is 0.216. The molecule has 100 valence electrons. The number of nitrogens with one attached hydrogen (secondary N) is 1. The summed E-state index contributed by atoms with van der Waals surface area (Å²) in [4.78, 5) is 11.1. The molecular weight excluding hydrogens is 234 g/mol. The van der Waals surface area contributed by atoms with Crippen molar-refractivity contribution in [2.75, 3.05) is 26.9 Å². The fourth-order valence-corrected chi connectivity index (χ4v) is 1.29. The van der Waals surface area contributed by atoms with E-state index in [9.17, 15) is 4.79 Å². The fourth-order valence-electron chi connectivity index (χ4n) is 1.29. The summed E-state index contributed by atoms with van der Waals surface area (Å²) in [6.07, 6.45) is 0. The van der Waals surface area contributed by atoms with E-state index in [0.717, 1.165) is 5.57 Å². The number of furan rings is 1. The van der Waals surface area contributed by atoms with Crippen LogP contribution < -0.4 is 5.32 Å². The first-order chi connectivity index (χ1) is 8.63. The highest BCUT2D eigenvalue weighted by Crippen LogP contribution is 2.08. The molecule has 0 fully saturated rings. The average Bonchev–Trinajstić information content (AvgIpc) is 2.81. The van der Waals surface area contributed by atoms with Crippen LogP contribution >= 0.6 is 0 Å². The van der Waals surface area contributed by atoms with Crippen LogP contribution in [0.3, 0.4) is 0 Å². The predicted octanol–water partition coefficient (Wildman–Crippen LogP) is 1.75. The summed E-state index contributed by atoms with van der Waals surface area (Å²) in [6, 6.07) is 3.34. The summed E-state index contributed by atoms with van der Waals surface area (Å²) in [5.74, 6) is 0.439. The van der Waals surface area contributed by atoms with Crippen molar-refractivity contribution in [2.24, 2.45) is 0 Å². The number of carbonyl (C=O) groups excluding carboxylic acids is 1. The van der Waals surface area contributed by atoms with E-state index in [1.807, 2.05) is 6.92 Å². The van der Waals surface area contributed by atoms with E-state index in [4.69, 9.17) is 9.15 Å². The van der Waals surface area contributed by atoms with Crippen molar-refractivity contribution in [3.05, 3.63) is 35.8 Å². The van der Waals surface area contributed by atoms with E-state index in [1.165, 1.54) is 7.11 Å². The molecule has 5 nitrogen and oxygen atoms in total.